The smallest absolute Gasteiger partial charge is 0.273 e. The van der Waals surface area contributed by atoms with Gasteiger partial charge in [-0.1, -0.05) is 0 Å². The van der Waals surface area contributed by atoms with Crippen molar-refractivity contribution >= 4 is 5.91 Å². The van der Waals surface area contributed by atoms with Crippen LogP contribution in [0.5, 0.6) is 0 Å². The van der Waals surface area contributed by atoms with E-state index in [2.05, 4.69) is 15.2 Å². The molecule has 0 spiro atoms. The maximum absolute atomic E-state index is 13.7. The van der Waals surface area contributed by atoms with Gasteiger partial charge in [0, 0.05) is 18.6 Å². The number of fused-ring (bicyclic) bond motifs is 1. The predicted octanol–water partition coefficient (Wildman–Crippen LogP) is 1.34. The first kappa shape index (κ1) is 15.0. The lowest BCUT2D eigenvalue weighted by molar-refractivity contribution is -0.0748. The van der Waals surface area contributed by atoms with Gasteiger partial charge >= 0.3 is 0 Å². The van der Waals surface area contributed by atoms with Crippen LogP contribution in [0.15, 0.2) is 12.3 Å². The zero-order valence-corrected chi connectivity index (χ0v) is 12.7. The molecular weight excluding hydrogens is 304 g/mol. The van der Waals surface area contributed by atoms with E-state index in [9.17, 15) is 13.6 Å². The third-order valence-electron chi connectivity index (χ3n) is 5.23. The summed E-state index contributed by atoms with van der Waals surface area (Å²) in [6.45, 7) is 2.72. The number of carbonyl (C=O) groups excluding carboxylic acids is 1. The molecule has 0 aromatic carbocycles. The van der Waals surface area contributed by atoms with E-state index in [-0.39, 0.29) is 29.8 Å². The first-order chi connectivity index (χ1) is 11.1. The topological polar surface area (TPSA) is 54.5 Å². The monoisotopic (exact) mass is 323 g/mol. The Morgan fingerprint density at radius 3 is 2.87 bits per heavy atom. The SMILES string of the molecule is O=C(NC1C2CCOC2C1N1CCCC1)c1ncc(F)cc1F. The second-order valence-electron chi connectivity index (χ2n) is 6.50. The van der Waals surface area contributed by atoms with Crippen molar-refractivity contribution in [2.45, 2.75) is 37.5 Å². The van der Waals surface area contributed by atoms with Crippen LogP contribution in [0, 0.1) is 17.6 Å². The van der Waals surface area contributed by atoms with Crippen molar-refractivity contribution in [1.29, 1.82) is 0 Å². The number of nitrogens with one attached hydrogen (secondary N) is 1. The highest BCUT2D eigenvalue weighted by atomic mass is 19.1. The Morgan fingerprint density at radius 2 is 2.13 bits per heavy atom. The first-order valence-corrected chi connectivity index (χ1v) is 8.13. The molecule has 1 aromatic rings. The first-order valence-electron chi connectivity index (χ1n) is 8.13. The summed E-state index contributed by atoms with van der Waals surface area (Å²) in [6.07, 6.45) is 4.23. The van der Waals surface area contributed by atoms with Gasteiger partial charge < -0.3 is 10.1 Å². The molecule has 5 nitrogen and oxygen atoms in total. The summed E-state index contributed by atoms with van der Waals surface area (Å²) >= 11 is 0. The van der Waals surface area contributed by atoms with Crippen LogP contribution in [-0.2, 0) is 4.74 Å². The van der Waals surface area contributed by atoms with Crippen LogP contribution in [0.4, 0.5) is 8.78 Å². The van der Waals surface area contributed by atoms with Gasteiger partial charge in [-0.25, -0.2) is 13.8 Å². The molecule has 23 heavy (non-hydrogen) atoms. The molecule has 4 rings (SSSR count). The zero-order chi connectivity index (χ0) is 16.0. The molecule has 4 atom stereocenters. The summed E-state index contributed by atoms with van der Waals surface area (Å²) in [5, 5.41) is 2.91. The van der Waals surface area contributed by atoms with Crippen LogP contribution < -0.4 is 5.32 Å². The number of aromatic nitrogens is 1. The second kappa shape index (κ2) is 5.79. The van der Waals surface area contributed by atoms with Gasteiger partial charge in [0.05, 0.1) is 24.4 Å². The molecule has 1 aromatic heterocycles. The average molecular weight is 323 g/mol. The quantitative estimate of drug-likeness (QED) is 0.912. The number of rotatable bonds is 3. The minimum Gasteiger partial charge on any atom is -0.376 e. The number of likely N-dealkylation sites (tertiary alicyclic amines) is 1. The molecule has 3 fully saturated rings. The Morgan fingerprint density at radius 1 is 1.35 bits per heavy atom. The van der Waals surface area contributed by atoms with Gasteiger partial charge in [-0.2, -0.15) is 0 Å². The highest BCUT2D eigenvalue weighted by Gasteiger charge is 2.56. The highest BCUT2D eigenvalue weighted by molar-refractivity contribution is 5.92. The number of hydrogen-bond donors (Lipinski definition) is 1. The van der Waals surface area contributed by atoms with E-state index in [0.29, 0.717) is 12.7 Å². The number of carbonyl (C=O) groups is 1. The summed E-state index contributed by atoms with van der Waals surface area (Å²) < 4.78 is 32.5. The summed E-state index contributed by atoms with van der Waals surface area (Å²) in [4.78, 5) is 18.3. The molecule has 3 heterocycles. The van der Waals surface area contributed by atoms with Gasteiger partial charge in [-0.05, 0) is 32.4 Å². The molecule has 0 bridgehead atoms. The van der Waals surface area contributed by atoms with E-state index >= 15 is 0 Å². The van der Waals surface area contributed by atoms with Crippen molar-refractivity contribution in [3.63, 3.8) is 0 Å². The predicted molar refractivity (Wildman–Crippen MR) is 77.8 cm³/mol. The van der Waals surface area contributed by atoms with Gasteiger partial charge in [0.15, 0.2) is 11.5 Å². The lowest BCUT2D eigenvalue weighted by atomic mass is 9.70. The number of nitrogens with zero attached hydrogens (tertiary/aromatic N) is 2. The Kier molecular flexibility index (Phi) is 3.77. The summed E-state index contributed by atoms with van der Waals surface area (Å²) in [5.74, 6) is -2.03. The molecule has 4 unspecified atom stereocenters. The fraction of sp³-hybridized carbons (Fsp3) is 0.625. The number of ether oxygens (including phenoxy) is 1. The van der Waals surface area contributed by atoms with Crippen molar-refractivity contribution in [2.75, 3.05) is 19.7 Å². The Hall–Kier alpha value is -1.60. The van der Waals surface area contributed by atoms with Gasteiger partial charge in [0.1, 0.15) is 5.82 Å². The van der Waals surface area contributed by atoms with E-state index < -0.39 is 17.5 Å². The zero-order valence-electron chi connectivity index (χ0n) is 12.7. The van der Waals surface area contributed by atoms with Gasteiger partial charge in [0.2, 0.25) is 0 Å². The Labute approximate surface area is 133 Å². The summed E-state index contributed by atoms with van der Waals surface area (Å²) in [7, 11) is 0. The van der Waals surface area contributed by atoms with Crippen molar-refractivity contribution in [2.24, 2.45) is 5.92 Å². The lowest BCUT2D eigenvalue weighted by Gasteiger charge is -2.51. The van der Waals surface area contributed by atoms with E-state index in [0.717, 1.165) is 38.5 Å². The van der Waals surface area contributed by atoms with Crippen molar-refractivity contribution < 1.29 is 18.3 Å². The van der Waals surface area contributed by atoms with E-state index in [1.165, 1.54) is 0 Å². The lowest BCUT2D eigenvalue weighted by Crippen LogP contribution is -2.70. The molecule has 2 aliphatic heterocycles. The molecule has 2 saturated heterocycles. The standard InChI is InChI=1S/C16H19F2N3O2/c17-9-7-11(18)13(19-8-9)16(22)20-12-10-3-6-23-15(10)14(12)21-4-1-2-5-21/h7-8,10,12,14-15H,1-6H2,(H,20,22). The number of halogens is 2. The minimum absolute atomic E-state index is 0.0562. The van der Waals surface area contributed by atoms with E-state index in [1.807, 2.05) is 0 Å². The molecule has 1 saturated carbocycles. The van der Waals surface area contributed by atoms with Gasteiger partial charge in [0.25, 0.3) is 5.91 Å². The molecule has 1 aliphatic carbocycles. The van der Waals surface area contributed by atoms with Crippen molar-refractivity contribution in [1.82, 2.24) is 15.2 Å². The summed E-state index contributed by atoms with van der Waals surface area (Å²) in [5.41, 5.74) is -0.353. The van der Waals surface area contributed by atoms with Gasteiger partial charge in [-0.15, -0.1) is 0 Å². The Balaban J connectivity index is 1.51. The average Bonchev–Trinajstić information content (AvgIpc) is 3.15. The third kappa shape index (κ3) is 2.52. The van der Waals surface area contributed by atoms with Crippen LogP contribution in [0.1, 0.15) is 29.8 Å². The van der Waals surface area contributed by atoms with Gasteiger partial charge in [-0.3, -0.25) is 9.69 Å². The third-order valence-corrected chi connectivity index (χ3v) is 5.23. The highest BCUT2D eigenvalue weighted by Crippen LogP contribution is 2.42. The van der Waals surface area contributed by atoms with Crippen LogP contribution in [-0.4, -0.2) is 53.7 Å². The molecule has 1 N–H and O–H groups in total. The molecule has 3 aliphatic rings. The normalized spacial score (nSPS) is 33.3. The van der Waals surface area contributed by atoms with E-state index in [1.54, 1.807) is 0 Å². The van der Waals surface area contributed by atoms with Crippen LogP contribution in [0.25, 0.3) is 0 Å². The van der Waals surface area contributed by atoms with Crippen LogP contribution >= 0.6 is 0 Å². The van der Waals surface area contributed by atoms with Crippen LogP contribution in [0.2, 0.25) is 0 Å². The maximum atomic E-state index is 13.7. The van der Waals surface area contributed by atoms with Crippen LogP contribution in [0.3, 0.4) is 0 Å². The molecule has 7 heteroatoms. The maximum Gasteiger partial charge on any atom is 0.273 e. The molecule has 0 radical (unpaired) electrons. The minimum atomic E-state index is -0.932. The second-order valence-corrected chi connectivity index (χ2v) is 6.50. The fourth-order valence-electron chi connectivity index (χ4n) is 4.14. The largest absolute Gasteiger partial charge is 0.376 e. The Bertz CT molecular complexity index is 617. The fourth-order valence-corrected chi connectivity index (χ4v) is 4.14. The summed E-state index contributed by atoms with van der Waals surface area (Å²) in [6, 6.07) is 0.777. The number of hydrogen-bond acceptors (Lipinski definition) is 4. The van der Waals surface area contributed by atoms with Crippen molar-refractivity contribution in [3.8, 4) is 0 Å². The number of amides is 1. The number of pyridine rings is 1. The van der Waals surface area contributed by atoms with Crippen molar-refractivity contribution in [3.05, 3.63) is 29.6 Å². The molecule has 1 amide bonds. The molecule has 124 valence electrons. The van der Waals surface area contributed by atoms with E-state index in [4.69, 9.17) is 4.74 Å². The molecular formula is C16H19F2N3O2.